The van der Waals surface area contributed by atoms with Crippen molar-refractivity contribution in [1.82, 2.24) is 0 Å². The number of carbonyl (C=O) groups is 3. The molecule has 0 saturated carbocycles. The standard InChI is InChI=1S/C19H24O7/c1-3-4-5-8-14(20)18(23)15(21)9-6-7-12-10-13(26-2)11-16(22)17(12)19(24)25/h3-4,10-11,14,20,22H,5-9H2,1-2H3,(H,24,25). The van der Waals surface area contributed by atoms with Crippen LogP contribution in [0, 0.1) is 0 Å². The second-order valence-corrected chi connectivity index (χ2v) is 5.79. The summed E-state index contributed by atoms with van der Waals surface area (Å²) in [5.41, 5.74) is 0.0548. The van der Waals surface area contributed by atoms with Gasteiger partial charge in [0, 0.05) is 12.5 Å². The molecule has 0 heterocycles. The Hall–Kier alpha value is -2.67. The van der Waals surface area contributed by atoms with Crippen LogP contribution in [0.5, 0.6) is 11.5 Å². The van der Waals surface area contributed by atoms with Gasteiger partial charge < -0.3 is 20.1 Å². The maximum atomic E-state index is 11.9. The van der Waals surface area contributed by atoms with Crippen LogP contribution in [0.3, 0.4) is 0 Å². The molecule has 1 rings (SSSR count). The molecule has 0 aliphatic rings. The number of aromatic carboxylic acids is 1. The average Bonchev–Trinajstić information content (AvgIpc) is 2.60. The number of hydrogen-bond donors (Lipinski definition) is 3. The van der Waals surface area contributed by atoms with E-state index in [1.54, 1.807) is 12.2 Å². The number of hydrogen-bond acceptors (Lipinski definition) is 6. The summed E-state index contributed by atoms with van der Waals surface area (Å²) in [7, 11) is 1.39. The van der Waals surface area contributed by atoms with Crippen molar-refractivity contribution in [2.24, 2.45) is 0 Å². The number of phenols is 1. The second-order valence-electron chi connectivity index (χ2n) is 5.79. The molecule has 0 aliphatic carbocycles. The molecular formula is C19H24O7. The predicted molar refractivity (Wildman–Crippen MR) is 94.6 cm³/mol. The first-order chi connectivity index (χ1) is 12.3. The van der Waals surface area contributed by atoms with E-state index < -0.39 is 29.4 Å². The molecule has 0 spiro atoms. The fourth-order valence-electron chi connectivity index (χ4n) is 2.52. The van der Waals surface area contributed by atoms with E-state index in [0.29, 0.717) is 17.7 Å². The number of aryl methyl sites for hydroxylation is 1. The molecule has 0 amide bonds. The number of rotatable bonds is 11. The van der Waals surface area contributed by atoms with Gasteiger partial charge in [0.2, 0.25) is 11.6 Å². The number of aromatic hydroxyl groups is 1. The highest BCUT2D eigenvalue weighted by Gasteiger charge is 2.23. The van der Waals surface area contributed by atoms with Crippen LogP contribution in [-0.4, -0.2) is 46.1 Å². The first kappa shape index (κ1) is 21.4. The Morgan fingerprint density at radius 2 is 1.96 bits per heavy atom. The summed E-state index contributed by atoms with van der Waals surface area (Å²) >= 11 is 0. The Kier molecular flexibility index (Phi) is 8.51. The van der Waals surface area contributed by atoms with Gasteiger partial charge in [-0.3, -0.25) is 9.59 Å². The quantitative estimate of drug-likeness (QED) is 0.407. The van der Waals surface area contributed by atoms with Crippen molar-refractivity contribution in [1.29, 1.82) is 0 Å². The molecule has 0 aliphatic heterocycles. The second kappa shape index (κ2) is 10.4. The molecule has 0 aromatic heterocycles. The third-order valence-electron chi connectivity index (χ3n) is 3.89. The molecular weight excluding hydrogens is 340 g/mol. The van der Waals surface area contributed by atoms with Crippen LogP contribution in [0.2, 0.25) is 0 Å². The van der Waals surface area contributed by atoms with Gasteiger partial charge in [-0.05, 0) is 44.2 Å². The number of allylic oxidation sites excluding steroid dienone is 2. The zero-order valence-electron chi connectivity index (χ0n) is 14.9. The summed E-state index contributed by atoms with van der Waals surface area (Å²) in [6.07, 6.45) is 3.21. The van der Waals surface area contributed by atoms with Crippen molar-refractivity contribution in [2.45, 2.75) is 45.1 Å². The summed E-state index contributed by atoms with van der Waals surface area (Å²) < 4.78 is 5.00. The van der Waals surface area contributed by atoms with Gasteiger partial charge in [0.05, 0.1) is 7.11 Å². The van der Waals surface area contributed by atoms with Crippen LogP contribution < -0.4 is 4.74 Å². The number of carboxylic acid groups (broad SMARTS) is 1. The summed E-state index contributed by atoms with van der Waals surface area (Å²) in [5.74, 6) is -2.94. The third-order valence-corrected chi connectivity index (χ3v) is 3.89. The molecule has 1 aromatic carbocycles. The Labute approximate surface area is 151 Å². The number of aliphatic hydroxyl groups excluding tert-OH is 1. The van der Waals surface area contributed by atoms with E-state index in [2.05, 4.69) is 0 Å². The van der Waals surface area contributed by atoms with E-state index in [1.807, 2.05) is 6.92 Å². The summed E-state index contributed by atoms with van der Waals surface area (Å²) in [6.45, 7) is 1.82. The summed E-state index contributed by atoms with van der Waals surface area (Å²) in [5, 5.41) is 28.8. The van der Waals surface area contributed by atoms with E-state index in [1.165, 1.54) is 19.2 Å². The number of aliphatic hydroxyl groups is 1. The highest BCUT2D eigenvalue weighted by molar-refractivity contribution is 6.38. The Morgan fingerprint density at radius 1 is 1.27 bits per heavy atom. The Balaban J connectivity index is 2.69. The van der Waals surface area contributed by atoms with Gasteiger partial charge in [-0.25, -0.2) is 4.79 Å². The molecule has 0 fully saturated rings. The molecule has 1 unspecified atom stereocenters. The number of carboxylic acids is 1. The molecule has 7 heteroatoms. The fourth-order valence-corrected chi connectivity index (χ4v) is 2.52. The molecule has 7 nitrogen and oxygen atoms in total. The van der Waals surface area contributed by atoms with Gasteiger partial charge in [-0.15, -0.1) is 0 Å². The first-order valence-corrected chi connectivity index (χ1v) is 8.31. The topological polar surface area (TPSA) is 121 Å². The number of Topliss-reactive ketones (excluding diaryl/α,β-unsaturated/α-hetero) is 2. The zero-order valence-corrected chi connectivity index (χ0v) is 14.9. The zero-order chi connectivity index (χ0) is 19.7. The van der Waals surface area contributed by atoms with Crippen LogP contribution in [0.1, 0.15) is 48.5 Å². The molecule has 1 aromatic rings. The van der Waals surface area contributed by atoms with Crippen molar-refractivity contribution in [3.8, 4) is 11.5 Å². The van der Waals surface area contributed by atoms with Crippen molar-refractivity contribution in [3.05, 3.63) is 35.4 Å². The smallest absolute Gasteiger partial charge is 0.339 e. The fraction of sp³-hybridized carbons (Fsp3) is 0.421. The molecule has 1 atom stereocenters. The lowest BCUT2D eigenvalue weighted by Crippen LogP contribution is -2.28. The highest BCUT2D eigenvalue weighted by atomic mass is 16.5. The minimum absolute atomic E-state index is 0.115. The van der Waals surface area contributed by atoms with Gasteiger partial charge in [-0.2, -0.15) is 0 Å². The maximum absolute atomic E-state index is 11.9. The largest absolute Gasteiger partial charge is 0.507 e. The molecule has 26 heavy (non-hydrogen) atoms. The minimum atomic E-state index is -1.32. The lowest BCUT2D eigenvalue weighted by atomic mass is 9.97. The van der Waals surface area contributed by atoms with Crippen LogP contribution in [0.25, 0.3) is 0 Å². The minimum Gasteiger partial charge on any atom is -0.507 e. The van der Waals surface area contributed by atoms with E-state index in [-0.39, 0.29) is 31.2 Å². The highest BCUT2D eigenvalue weighted by Crippen LogP contribution is 2.29. The summed E-state index contributed by atoms with van der Waals surface area (Å²) in [6, 6.07) is 2.67. The van der Waals surface area contributed by atoms with Crippen LogP contribution in [0.4, 0.5) is 0 Å². The average molecular weight is 364 g/mol. The number of carbonyl (C=O) groups excluding carboxylic acids is 2. The molecule has 142 valence electrons. The normalized spacial score (nSPS) is 12.1. The van der Waals surface area contributed by atoms with E-state index in [0.717, 1.165) is 0 Å². The van der Waals surface area contributed by atoms with Gasteiger partial charge in [0.1, 0.15) is 23.2 Å². The first-order valence-electron chi connectivity index (χ1n) is 8.31. The number of ether oxygens (including phenoxy) is 1. The monoisotopic (exact) mass is 364 g/mol. The Morgan fingerprint density at radius 3 is 2.54 bits per heavy atom. The third kappa shape index (κ3) is 6.00. The predicted octanol–water partition coefficient (Wildman–Crippen LogP) is 2.28. The van der Waals surface area contributed by atoms with Crippen molar-refractivity contribution < 1.29 is 34.4 Å². The Bertz CT molecular complexity index is 691. The van der Waals surface area contributed by atoms with Crippen molar-refractivity contribution >= 4 is 17.5 Å². The molecule has 3 N–H and O–H groups in total. The lowest BCUT2D eigenvalue weighted by molar-refractivity contribution is -0.141. The van der Waals surface area contributed by atoms with Crippen LogP contribution in [0.15, 0.2) is 24.3 Å². The van der Waals surface area contributed by atoms with Gasteiger partial charge in [0.25, 0.3) is 0 Å². The van der Waals surface area contributed by atoms with Crippen LogP contribution >= 0.6 is 0 Å². The molecule has 0 saturated heterocycles. The molecule has 0 bridgehead atoms. The lowest BCUT2D eigenvalue weighted by Gasteiger charge is -2.11. The van der Waals surface area contributed by atoms with Crippen molar-refractivity contribution in [3.63, 3.8) is 0 Å². The summed E-state index contributed by atoms with van der Waals surface area (Å²) in [4.78, 5) is 35.0. The maximum Gasteiger partial charge on any atom is 0.339 e. The molecule has 0 radical (unpaired) electrons. The van der Waals surface area contributed by atoms with E-state index in [4.69, 9.17) is 4.74 Å². The van der Waals surface area contributed by atoms with Crippen LogP contribution in [-0.2, 0) is 16.0 Å². The van der Waals surface area contributed by atoms with Gasteiger partial charge in [0.15, 0.2) is 0 Å². The number of ketones is 2. The number of benzene rings is 1. The SMILES string of the molecule is CC=CCCC(O)C(=O)C(=O)CCCc1cc(OC)cc(O)c1C(=O)O. The van der Waals surface area contributed by atoms with Gasteiger partial charge >= 0.3 is 5.97 Å². The number of methoxy groups -OCH3 is 1. The van der Waals surface area contributed by atoms with Gasteiger partial charge in [-0.1, -0.05) is 12.2 Å². The van der Waals surface area contributed by atoms with E-state index in [9.17, 15) is 29.7 Å². The van der Waals surface area contributed by atoms with Crippen molar-refractivity contribution in [2.75, 3.05) is 7.11 Å². The van der Waals surface area contributed by atoms with E-state index >= 15 is 0 Å².